The minimum absolute atomic E-state index is 0.150. The van der Waals surface area contributed by atoms with Gasteiger partial charge < -0.3 is 5.32 Å². The molecule has 0 saturated heterocycles. The second-order valence-electron chi connectivity index (χ2n) is 3.77. The first kappa shape index (κ1) is 14.1. The number of nitrogens with one attached hydrogen (secondary N) is 1. The molecule has 0 aliphatic carbocycles. The van der Waals surface area contributed by atoms with Crippen LogP contribution in [-0.4, -0.2) is 16.6 Å². The Kier molecular flexibility index (Phi) is 4.99. The van der Waals surface area contributed by atoms with Crippen LogP contribution in [0.15, 0.2) is 52.0 Å². The van der Waals surface area contributed by atoms with Gasteiger partial charge >= 0.3 is 0 Å². The summed E-state index contributed by atoms with van der Waals surface area (Å²) in [5, 5.41) is 2.76. The lowest BCUT2D eigenvalue weighted by Gasteiger charge is -2.05. The van der Waals surface area contributed by atoms with Crippen molar-refractivity contribution in [1.29, 1.82) is 0 Å². The van der Waals surface area contributed by atoms with Crippen LogP contribution in [0.25, 0.3) is 0 Å². The number of aromatic nitrogens is 1. The molecule has 0 unspecified atom stereocenters. The Morgan fingerprint density at radius 3 is 2.58 bits per heavy atom. The summed E-state index contributed by atoms with van der Waals surface area (Å²) in [4.78, 5) is 17.3. The molecule has 1 aromatic carbocycles. The number of benzene rings is 1. The fourth-order valence-electron chi connectivity index (χ4n) is 1.51. The Bertz CT molecular complexity index is 555. The molecular weight excluding hydrogens is 324 g/mol. The monoisotopic (exact) mass is 336 g/mol. The molecule has 0 fully saturated rings. The van der Waals surface area contributed by atoms with E-state index in [1.54, 1.807) is 24.0 Å². The number of halogens is 1. The van der Waals surface area contributed by atoms with E-state index in [9.17, 15) is 4.79 Å². The lowest BCUT2D eigenvalue weighted by molar-refractivity contribution is 0.102. The van der Waals surface area contributed by atoms with Crippen molar-refractivity contribution in [2.24, 2.45) is 0 Å². The van der Waals surface area contributed by atoms with Crippen LogP contribution in [-0.2, 0) is 0 Å². The number of rotatable bonds is 4. The molecule has 19 heavy (non-hydrogen) atoms. The summed E-state index contributed by atoms with van der Waals surface area (Å²) in [6, 6.07) is 11.2. The normalized spacial score (nSPS) is 10.2. The molecule has 1 heterocycles. The molecule has 98 valence electrons. The van der Waals surface area contributed by atoms with E-state index >= 15 is 0 Å². The molecule has 2 rings (SSSR count). The highest BCUT2D eigenvalue weighted by molar-refractivity contribution is 9.10. The molecule has 0 spiro atoms. The van der Waals surface area contributed by atoms with Crippen LogP contribution in [0.4, 0.5) is 5.82 Å². The Labute approximate surface area is 125 Å². The maximum Gasteiger partial charge on any atom is 0.256 e. The van der Waals surface area contributed by atoms with Gasteiger partial charge in [0.2, 0.25) is 0 Å². The van der Waals surface area contributed by atoms with E-state index in [4.69, 9.17) is 0 Å². The molecule has 3 nitrogen and oxygen atoms in total. The first-order valence-corrected chi connectivity index (χ1v) is 7.62. The maximum atomic E-state index is 12.0. The molecule has 2 aromatic rings. The van der Waals surface area contributed by atoms with Gasteiger partial charge in [-0.25, -0.2) is 4.98 Å². The second-order valence-corrected chi connectivity index (χ2v) is 6.03. The van der Waals surface area contributed by atoms with E-state index in [0.717, 1.165) is 10.2 Å². The predicted molar refractivity (Wildman–Crippen MR) is 82.7 cm³/mol. The van der Waals surface area contributed by atoms with Crippen molar-refractivity contribution in [2.45, 2.75) is 11.8 Å². The third-order valence-corrected chi connectivity index (χ3v) is 3.76. The fraction of sp³-hybridized carbons (Fsp3) is 0.143. The van der Waals surface area contributed by atoms with Crippen molar-refractivity contribution in [1.82, 2.24) is 4.98 Å². The van der Waals surface area contributed by atoms with Gasteiger partial charge in [-0.2, -0.15) is 0 Å². The van der Waals surface area contributed by atoms with E-state index in [1.165, 1.54) is 4.90 Å². The highest BCUT2D eigenvalue weighted by Gasteiger charge is 2.06. The van der Waals surface area contributed by atoms with Crippen molar-refractivity contribution >= 4 is 39.4 Å². The predicted octanol–water partition coefficient (Wildman–Crippen LogP) is 4.21. The molecule has 1 amide bonds. The summed E-state index contributed by atoms with van der Waals surface area (Å²) in [6.07, 6.45) is 1.65. The molecule has 0 aliphatic rings. The topological polar surface area (TPSA) is 42.0 Å². The first-order valence-electron chi connectivity index (χ1n) is 5.85. The number of carbonyl (C=O) groups is 1. The lowest BCUT2D eigenvalue weighted by atomic mass is 10.2. The van der Waals surface area contributed by atoms with Crippen molar-refractivity contribution in [3.8, 4) is 0 Å². The van der Waals surface area contributed by atoms with E-state index in [-0.39, 0.29) is 5.91 Å². The zero-order valence-corrected chi connectivity index (χ0v) is 12.8. The molecule has 0 radical (unpaired) electrons. The standard InChI is InChI=1S/C14H13BrN2OS/c1-2-19-12-6-3-10(4-7-12)14(18)17-13-8-5-11(15)9-16-13/h3-9H,2H2,1H3,(H,16,17,18). The summed E-state index contributed by atoms with van der Waals surface area (Å²) < 4.78 is 0.881. The molecule has 0 saturated carbocycles. The number of hydrogen-bond donors (Lipinski definition) is 1. The molecule has 5 heteroatoms. The number of nitrogens with zero attached hydrogens (tertiary/aromatic N) is 1. The number of amides is 1. The van der Waals surface area contributed by atoms with Gasteiger partial charge in [-0.05, 0) is 58.1 Å². The van der Waals surface area contributed by atoms with Gasteiger partial charge in [0.1, 0.15) is 5.82 Å². The summed E-state index contributed by atoms with van der Waals surface area (Å²) >= 11 is 5.05. The van der Waals surface area contributed by atoms with Crippen LogP contribution in [0.1, 0.15) is 17.3 Å². The average molecular weight is 337 g/mol. The lowest BCUT2D eigenvalue weighted by Crippen LogP contribution is -2.12. The SMILES string of the molecule is CCSc1ccc(C(=O)Nc2ccc(Br)cn2)cc1. The number of anilines is 1. The maximum absolute atomic E-state index is 12.0. The van der Waals surface area contributed by atoms with Crippen LogP contribution in [0.2, 0.25) is 0 Å². The van der Waals surface area contributed by atoms with Gasteiger partial charge in [0.25, 0.3) is 5.91 Å². The van der Waals surface area contributed by atoms with Crippen molar-refractivity contribution in [2.75, 3.05) is 11.1 Å². The van der Waals surface area contributed by atoms with Gasteiger partial charge in [-0.1, -0.05) is 6.92 Å². The Morgan fingerprint density at radius 1 is 1.26 bits per heavy atom. The van der Waals surface area contributed by atoms with Gasteiger partial charge in [-0.15, -0.1) is 11.8 Å². The molecule has 1 aromatic heterocycles. The van der Waals surface area contributed by atoms with Crippen molar-refractivity contribution in [3.05, 3.63) is 52.6 Å². The van der Waals surface area contributed by atoms with Gasteiger partial charge in [-0.3, -0.25) is 4.79 Å². The van der Waals surface area contributed by atoms with E-state index in [2.05, 4.69) is 33.2 Å². The van der Waals surface area contributed by atoms with E-state index in [1.807, 2.05) is 30.3 Å². The van der Waals surface area contributed by atoms with E-state index in [0.29, 0.717) is 11.4 Å². The third kappa shape index (κ3) is 4.08. The number of thioether (sulfide) groups is 1. The highest BCUT2D eigenvalue weighted by atomic mass is 79.9. The number of carbonyl (C=O) groups excluding carboxylic acids is 1. The summed E-state index contributed by atoms with van der Waals surface area (Å²) in [5.74, 6) is 1.41. The molecule has 0 aliphatic heterocycles. The number of hydrogen-bond acceptors (Lipinski definition) is 3. The van der Waals surface area contributed by atoms with Crippen LogP contribution >= 0.6 is 27.7 Å². The summed E-state index contributed by atoms with van der Waals surface area (Å²) in [6.45, 7) is 2.10. The average Bonchev–Trinajstić information content (AvgIpc) is 2.42. The smallest absolute Gasteiger partial charge is 0.256 e. The molecule has 0 bridgehead atoms. The quantitative estimate of drug-likeness (QED) is 0.850. The molecular formula is C14H13BrN2OS. The van der Waals surface area contributed by atoms with E-state index < -0.39 is 0 Å². The first-order chi connectivity index (χ1) is 9.19. The minimum atomic E-state index is -0.150. The second kappa shape index (κ2) is 6.73. The van der Waals surface area contributed by atoms with Crippen molar-refractivity contribution < 1.29 is 4.79 Å². The van der Waals surface area contributed by atoms with Crippen LogP contribution in [0.5, 0.6) is 0 Å². The highest BCUT2D eigenvalue weighted by Crippen LogP contribution is 2.18. The Morgan fingerprint density at radius 2 is 2.00 bits per heavy atom. The Balaban J connectivity index is 2.05. The Hall–Kier alpha value is -1.33. The minimum Gasteiger partial charge on any atom is -0.307 e. The van der Waals surface area contributed by atoms with Crippen molar-refractivity contribution in [3.63, 3.8) is 0 Å². The van der Waals surface area contributed by atoms with Crippen LogP contribution in [0.3, 0.4) is 0 Å². The van der Waals surface area contributed by atoms with Crippen LogP contribution < -0.4 is 5.32 Å². The number of pyridine rings is 1. The van der Waals surface area contributed by atoms with Gasteiger partial charge in [0.05, 0.1) is 0 Å². The molecule has 1 N–H and O–H groups in total. The summed E-state index contributed by atoms with van der Waals surface area (Å²) in [5.41, 5.74) is 0.630. The molecule has 0 atom stereocenters. The van der Waals surface area contributed by atoms with Gasteiger partial charge in [0, 0.05) is 21.1 Å². The zero-order chi connectivity index (χ0) is 13.7. The largest absolute Gasteiger partial charge is 0.307 e. The zero-order valence-electron chi connectivity index (χ0n) is 10.4. The van der Waals surface area contributed by atoms with Gasteiger partial charge in [0.15, 0.2) is 0 Å². The van der Waals surface area contributed by atoms with Crippen LogP contribution in [0, 0.1) is 0 Å². The third-order valence-electron chi connectivity index (χ3n) is 2.40. The fourth-order valence-corrected chi connectivity index (χ4v) is 2.40. The summed E-state index contributed by atoms with van der Waals surface area (Å²) in [7, 11) is 0.